The number of rotatable bonds is 5. The summed E-state index contributed by atoms with van der Waals surface area (Å²) in [6.45, 7) is 0. The van der Waals surface area contributed by atoms with Crippen LogP contribution in [-0.2, 0) is 4.79 Å². The van der Waals surface area contributed by atoms with Crippen molar-refractivity contribution in [1.29, 1.82) is 5.26 Å². The summed E-state index contributed by atoms with van der Waals surface area (Å²) < 4.78 is 5.12. The van der Waals surface area contributed by atoms with E-state index in [1.54, 1.807) is 24.3 Å². The molecule has 0 atom stereocenters. The summed E-state index contributed by atoms with van der Waals surface area (Å²) in [5.74, 6) is -0.306. The SMILES string of the molecule is COc1ccc(Cl)cc1NC(=O)/C(C#N)=C/c1cccc([N+](=O)[O-])c1. The minimum absolute atomic E-state index is 0.136. The van der Waals surface area contributed by atoms with Crippen LogP contribution in [0.3, 0.4) is 0 Å². The topological polar surface area (TPSA) is 105 Å². The summed E-state index contributed by atoms with van der Waals surface area (Å²) in [7, 11) is 1.43. The zero-order chi connectivity index (χ0) is 18.4. The van der Waals surface area contributed by atoms with Gasteiger partial charge in [-0.15, -0.1) is 0 Å². The molecule has 8 heteroatoms. The van der Waals surface area contributed by atoms with Crippen LogP contribution in [0.1, 0.15) is 5.56 Å². The number of anilines is 1. The molecule has 7 nitrogen and oxygen atoms in total. The molecule has 1 amide bonds. The zero-order valence-corrected chi connectivity index (χ0v) is 13.8. The van der Waals surface area contributed by atoms with E-state index in [-0.39, 0.29) is 11.3 Å². The fraction of sp³-hybridized carbons (Fsp3) is 0.0588. The lowest BCUT2D eigenvalue weighted by atomic mass is 10.1. The van der Waals surface area contributed by atoms with Crippen LogP contribution in [0.25, 0.3) is 6.08 Å². The highest BCUT2D eigenvalue weighted by molar-refractivity contribution is 6.31. The number of amides is 1. The summed E-state index contributed by atoms with van der Waals surface area (Å²) >= 11 is 5.90. The minimum atomic E-state index is -0.686. The van der Waals surface area contributed by atoms with Crippen molar-refractivity contribution in [3.63, 3.8) is 0 Å². The molecular formula is C17H12ClN3O4. The second-order valence-electron chi connectivity index (χ2n) is 4.82. The van der Waals surface area contributed by atoms with Gasteiger partial charge in [-0.25, -0.2) is 0 Å². The molecule has 126 valence electrons. The quantitative estimate of drug-likeness (QED) is 0.379. The number of non-ortho nitro benzene ring substituents is 1. The normalized spacial score (nSPS) is 10.7. The van der Waals surface area contributed by atoms with E-state index in [1.807, 2.05) is 0 Å². The largest absolute Gasteiger partial charge is 0.495 e. The van der Waals surface area contributed by atoms with Gasteiger partial charge in [0.05, 0.1) is 17.7 Å². The molecule has 0 bridgehead atoms. The Bertz CT molecular complexity index is 903. The van der Waals surface area contributed by atoms with Gasteiger partial charge in [-0.3, -0.25) is 14.9 Å². The van der Waals surface area contributed by atoms with Gasteiger partial charge in [-0.05, 0) is 29.8 Å². The van der Waals surface area contributed by atoms with Gasteiger partial charge in [0, 0.05) is 17.2 Å². The van der Waals surface area contributed by atoms with Crippen molar-refractivity contribution in [3.05, 3.63) is 68.7 Å². The molecule has 1 N–H and O–H groups in total. The molecule has 0 radical (unpaired) electrons. The monoisotopic (exact) mass is 357 g/mol. The molecule has 0 spiro atoms. The lowest BCUT2D eigenvalue weighted by Crippen LogP contribution is -2.14. The van der Waals surface area contributed by atoms with Crippen LogP contribution >= 0.6 is 11.6 Å². The molecule has 2 rings (SSSR count). The first-order chi connectivity index (χ1) is 11.9. The van der Waals surface area contributed by atoms with E-state index in [0.29, 0.717) is 22.0 Å². The predicted molar refractivity (Wildman–Crippen MR) is 93.3 cm³/mol. The van der Waals surface area contributed by atoms with Gasteiger partial charge in [0.2, 0.25) is 0 Å². The Morgan fingerprint density at radius 2 is 2.12 bits per heavy atom. The second-order valence-corrected chi connectivity index (χ2v) is 5.26. The van der Waals surface area contributed by atoms with Gasteiger partial charge in [0.1, 0.15) is 17.4 Å². The third kappa shape index (κ3) is 4.56. The molecule has 0 aliphatic heterocycles. The highest BCUT2D eigenvalue weighted by atomic mass is 35.5. The Morgan fingerprint density at radius 3 is 2.76 bits per heavy atom. The number of hydrogen-bond donors (Lipinski definition) is 1. The van der Waals surface area contributed by atoms with Gasteiger partial charge >= 0.3 is 0 Å². The highest BCUT2D eigenvalue weighted by Crippen LogP contribution is 2.28. The number of benzene rings is 2. The molecule has 0 aliphatic rings. The molecule has 0 fully saturated rings. The van der Waals surface area contributed by atoms with Crippen LogP contribution in [0.2, 0.25) is 5.02 Å². The average molecular weight is 358 g/mol. The zero-order valence-electron chi connectivity index (χ0n) is 13.0. The first-order valence-electron chi connectivity index (χ1n) is 6.95. The maximum absolute atomic E-state index is 12.3. The van der Waals surface area contributed by atoms with E-state index in [0.717, 1.165) is 0 Å². The maximum atomic E-state index is 12.3. The smallest absolute Gasteiger partial charge is 0.270 e. The number of nitrogens with one attached hydrogen (secondary N) is 1. The number of methoxy groups -OCH3 is 1. The number of ether oxygens (including phenoxy) is 1. The molecule has 0 saturated carbocycles. The molecule has 0 unspecified atom stereocenters. The summed E-state index contributed by atoms with van der Waals surface area (Å²) in [6.07, 6.45) is 1.26. The van der Waals surface area contributed by atoms with E-state index >= 15 is 0 Å². The maximum Gasteiger partial charge on any atom is 0.270 e. The molecule has 2 aromatic rings. The number of nitrogens with zero attached hydrogens (tertiary/aromatic N) is 2. The Labute approximate surface area is 148 Å². The van der Waals surface area contributed by atoms with Crippen molar-refractivity contribution in [2.24, 2.45) is 0 Å². The molecule has 0 saturated heterocycles. The Kier molecular flexibility index (Phi) is 5.71. The van der Waals surface area contributed by atoms with E-state index in [4.69, 9.17) is 16.3 Å². The molecule has 0 aliphatic carbocycles. The number of nitro groups is 1. The molecule has 2 aromatic carbocycles. The van der Waals surface area contributed by atoms with Crippen LogP contribution in [0.5, 0.6) is 5.75 Å². The van der Waals surface area contributed by atoms with Crippen molar-refractivity contribution >= 4 is 35.0 Å². The lowest BCUT2D eigenvalue weighted by Gasteiger charge is -2.10. The number of hydrogen-bond acceptors (Lipinski definition) is 5. The summed E-state index contributed by atoms with van der Waals surface area (Å²) in [5.41, 5.74) is 0.310. The highest BCUT2D eigenvalue weighted by Gasteiger charge is 2.14. The van der Waals surface area contributed by atoms with Gasteiger partial charge in [-0.1, -0.05) is 23.7 Å². The lowest BCUT2D eigenvalue weighted by molar-refractivity contribution is -0.384. The van der Waals surface area contributed by atoms with E-state index in [1.165, 1.54) is 37.5 Å². The fourth-order valence-electron chi connectivity index (χ4n) is 2.01. The average Bonchev–Trinajstić information content (AvgIpc) is 2.60. The first-order valence-corrected chi connectivity index (χ1v) is 7.33. The van der Waals surface area contributed by atoms with Gasteiger partial charge < -0.3 is 10.1 Å². The van der Waals surface area contributed by atoms with E-state index in [9.17, 15) is 20.2 Å². The number of carbonyl (C=O) groups is 1. The predicted octanol–water partition coefficient (Wildman–Crippen LogP) is 3.80. The van der Waals surface area contributed by atoms with Crippen molar-refractivity contribution < 1.29 is 14.5 Å². The van der Waals surface area contributed by atoms with Crippen molar-refractivity contribution in [2.45, 2.75) is 0 Å². The van der Waals surface area contributed by atoms with E-state index < -0.39 is 10.8 Å². The fourth-order valence-corrected chi connectivity index (χ4v) is 2.18. The Morgan fingerprint density at radius 1 is 1.36 bits per heavy atom. The van der Waals surface area contributed by atoms with Crippen LogP contribution < -0.4 is 10.1 Å². The molecule has 25 heavy (non-hydrogen) atoms. The van der Waals surface area contributed by atoms with Crippen LogP contribution in [-0.4, -0.2) is 17.9 Å². The minimum Gasteiger partial charge on any atom is -0.495 e. The van der Waals surface area contributed by atoms with Gasteiger partial charge in [0.15, 0.2) is 0 Å². The number of halogens is 1. The number of nitro benzene ring substituents is 1. The Hall–Kier alpha value is -3.37. The van der Waals surface area contributed by atoms with Crippen molar-refractivity contribution in [3.8, 4) is 11.8 Å². The first kappa shape index (κ1) is 18.0. The van der Waals surface area contributed by atoms with Gasteiger partial charge in [-0.2, -0.15) is 5.26 Å². The van der Waals surface area contributed by atoms with E-state index in [2.05, 4.69) is 5.32 Å². The summed E-state index contributed by atoms with van der Waals surface area (Å²) in [6, 6.07) is 12.0. The molecular weight excluding hydrogens is 346 g/mol. The third-order valence-corrected chi connectivity index (χ3v) is 3.40. The number of carbonyl (C=O) groups excluding carboxylic acids is 1. The standard InChI is InChI=1S/C17H12ClN3O4/c1-25-16-6-5-13(18)9-15(16)20-17(22)12(10-19)7-11-3-2-4-14(8-11)21(23)24/h2-9H,1H3,(H,20,22)/b12-7+. The van der Waals surface area contributed by atoms with Crippen LogP contribution in [0.4, 0.5) is 11.4 Å². The number of nitriles is 1. The van der Waals surface area contributed by atoms with Gasteiger partial charge in [0.25, 0.3) is 11.6 Å². The summed E-state index contributed by atoms with van der Waals surface area (Å²) in [5, 5.41) is 22.9. The third-order valence-electron chi connectivity index (χ3n) is 3.17. The molecule has 0 aromatic heterocycles. The van der Waals surface area contributed by atoms with Crippen molar-refractivity contribution in [2.75, 3.05) is 12.4 Å². The molecule has 0 heterocycles. The second kappa shape index (κ2) is 7.95. The van der Waals surface area contributed by atoms with Crippen molar-refractivity contribution in [1.82, 2.24) is 0 Å². The summed E-state index contributed by atoms with van der Waals surface area (Å²) in [4.78, 5) is 22.6. The Balaban J connectivity index is 2.30. The van der Waals surface area contributed by atoms with Crippen LogP contribution in [0.15, 0.2) is 48.0 Å². The van der Waals surface area contributed by atoms with Crippen LogP contribution in [0, 0.1) is 21.4 Å².